The van der Waals surface area contributed by atoms with Crippen molar-refractivity contribution >= 4 is 27.7 Å². The average Bonchev–Trinajstić information content (AvgIpc) is 2.93. The molecule has 0 saturated carbocycles. The van der Waals surface area contributed by atoms with Gasteiger partial charge in [0.15, 0.2) is 5.69 Å². The molecule has 24 heavy (non-hydrogen) atoms. The second kappa shape index (κ2) is 9.20. The van der Waals surface area contributed by atoms with Gasteiger partial charge >= 0.3 is 0 Å². The van der Waals surface area contributed by atoms with Crippen molar-refractivity contribution in [1.29, 1.82) is 0 Å². The van der Waals surface area contributed by atoms with Crippen LogP contribution in [0.2, 0.25) is 0 Å². The highest BCUT2D eigenvalue weighted by Gasteiger charge is 2.30. The minimum atomic E-state index is -0.119. The fourth-order valence-corrected chi connectivity index (χ4v) is 3.34. The van der Waals surface area contributed by atoms with Crippen LogP contribution < -0.4 is 5.32 Å². The number of nitrogens with zero attached hydrogens (tertiary/aromatic N) is 2. The molecule has 2 heterocycles. The third-order valence-corrected chi connectivity index (χ3v) is 5.45. The molecule has 0 radical (unpaired) electrons. The van der Waals surface area contributed by atoms with Crippen molar-refractivity contribution in [2.75, 3.05) is 19.6 Å². The standard InChI is InChI=1S/C17H27BrN4O2/c1-3-4-5-6-9-19-16(23)13-8-7-10-22(11-13)17(24)15-14(18)12(2)20-21-15/h13H,3-11H2,1-2H3,(H,19,23)(H,20,21). The van der Waals surface area contributed by atoms with E-state index in [1.54, 1.807) is 4.90 Å². The lowest BCUT2D eigenvalue weighted by Gasteiger charge is -2.31. The molecule has 2 rings (SSSR count). The van der Waals surface area contributed by atoms with Gasteiger partial charge in [-0.3, -0.25) is 14.7 Å². The summed E-state index contributed by atoms with van der Waals surface area (Å²) >= 11 is 3.40. The van der Waals surface area contributed by atoms with Crippen molar-refractivity contribution in [3.8, 4) is 0 Å². The van der Waals surface area contributed by atoms with Crippen molar-refractivity contribution in [1.82, 2.24) is 20.4 Å². The zero-order valence-corrected chi connectivity index (χ0v) is 16.1. The summed E-state index contributed by atoms with van der Waals surface area (Å²) in [5.74, 6) is -0.166. The van der Waals surface area contributed by atoms with E-state index in [4.69, 9.17) is 0 Å². The van der Waals surface area contributed by atoms with Gasteiger partial charge in [0.25, 0.3) is 5.91 Å². The summed E-state index contributed by atoms with van der Waals surface area (Å²) in [5.41, 5.74) is 1.23. The minimum Gasteiger partial charge on any atom is -0.356 e. The molecule has 1 aliphatic heterocycles. The molecule has 0 spiro atoms. The zero-order valence-electron chi connectivity index (χ0n) is 14.5. The van der Waals surface area contributed by atoms with Crippen molar-refractivity contribution in [2.45, 2.75) is 52.4 Å². The van der Waals surface area contributed by atoms with Gasteiger partial charge < -0.3 is 10.2 Å². The van der Waals surface area contributed by atoms with E-state index >= 15 is 0 Å². The summed E-state index contributed by atoms with van der Waals surface area (Å²) in [6, 6.07) is 0. The summed E-state index contributed by atoms with van der Waals surface area (Å²) in [6.45, 7) is 5.91. The van der Waals surface area contributed by atoms with Gasteiger partial charge in [0, 0.05) is 25.3 Å². The fourth-order valence-electron chi connectivity index (χ4n) is 2.99. The lowest BCUT2D eigenvalue weighted by Crippen LogP contribution is -2.45. The highest BCUT2D eigenvalue weighted by atomic mass is 79.9. The Kier molecular flexibility index (Phi) is 7.27. The average molecular weight is 399 g/mol. The first-order valence-electron chi connectivity index (χ1n) is 8.82. The van der Waals surface area contributed by atoms with Crippen molar-refractivity contribution in [2.24, 2.45) is 5.92 Å². The number of aromatic nitrogens is 2. The van der Waals surface area contributed by atoms with Gasteiger partial charge in [-0.1, -0.05) is 26.2 Å². The number of hydrogen-bond donors (Lipinski definition) is 2. The van der Waals surface area contributed by atoms with Crippen LogP contribution in [0.25, 0.3) is 0 Å². The number of carbonyl (C=O) groups is 2. The number of likely N-dealkylation sites (tertiary alicyclic amines) is 1. The first-order chi connectivity index (χ1) is 11.5. The molecule has 1 unspecified atom stereocenters. The van der Waals surface area contributed by atoms with Crippen LogP contribution in [0.3, 0.4) is 0 Å². The molecule has 1 atom stereocenters. The number of unbranched alkanes of at least 4 members (excludes halogenated alkanes) is 3. The van der Waals surface area contributed by atoms with Crippen LogP contribution in [0.5, 0.6) is 0 Å². The molecule has 1 saturated heterocycles. The number of halogens is 1. The van der Waals surface area contributed by atoms with Crippen LogP contribution in [-0.2, 0) is 4.79 Å². The maximum Gasteiger partial charge on any atom is 0.275 e. The smallest absolute Gasteiger partial charge is 0.275 e. The van der Waals surface area contributed by atoms with Gasteiger partial charge in [-0.25, -0.2) is 0 Å². The third-order valence-electron chi connectivity index (χ3n) is 4.48. The van der Waals surface area contributed by atoms with Crippen LogP contribution >= 0.6 is 15.9 Å². The molecule has 1 aromatic rings. The number of H-pyrrole nitrogens is 1. The Morgan fingerprint density at radius 1 is 1.38 bits per heavy atom. The Labute approximate surface area is 151 Å². The van der Waals surface area contributed by atoms with Gasteiger partial charge in [0.2, 0.25) is 5.91 Å². The van der Waals surface area contributed by atoms with Gasteiger partial charge in [0.1, 0.15) is 0 Å². The summed E-state index contributed by atoms with van der Waals surface area (Å²) < 4.78 is 0.704. The minimum absolute atomic E-state index is 0.0706. The molecule has 0 bridgehead atoms. The molecule has 6 nitrogen and oxygen atoms in total. The second-order valence-electron chi connectivity index (χ2n) is 6.45. The van der Waals surface area contributed by atoms with Crippen LogP contribution in [-0.4, -0.2) is 46.5 Å². The first kappa shape index (κ1) is 19.0. The van der Waals surface area contributed by atoms with Crippen molar-refractivity contribution < 1.29 is 9.59 Å². The quantitative estimate of drug-likeness (QED) is 0.692. The van der Waals surface area contributed by atoms with Gasteiger partial charge in [-0.2, -0.15) is 5.10 Å². The van der Waals surface area contributed by atoms with Crippen LogP contribution in [0.1, 0.15) is 61.6 Å². The normalized spacial score (nSPS) is 17.8. The van der Waals surface area contributed by atoms with E-state index in [2.05, 4.69) is 38.4 Å². The number of aryl methyl sites for hydroxylation is 1. The van der Waals surface area contributed by atoms with Gasteiger partial charge in [-0.15, -0.1) is 0 Å². The maximum atomic E-state index is 12.6. The van der Waals surface area contributed by atoms with E-state index in [1.165, 1.54) is 12.8 Å². The van der Waals surface area contributed by atoms with Crippen LogP contribution in [0, 0.1) is 12.8 Å². The van der Waals surface area contributed by atoms with Crippen LogP contribution in [0.15, 0.2) is 4.47 Å². The Balaban J connectivity index is 1.86. The topological polar surface area (TPSA) is 78.1 Å². The van der Waals surface area contributed by atoms with Gasteiger partial charge in [-0.05, 0) is 42.1 Å². The Hall–Kier alpha value is -1.37. The summed E-state index contributed by atoms with van der Waals surface area (Å²) in [6.07, 6.45) is 6.26. The highest BCUT2D eigenvalue weighted by Crippen LogP contribution is 2.23. The van der Waals surface area contributed by atoms with E-state index < -0.39 is 0 Å². The van der Waals surface area contributed by atoms with Gasteiger partial charge in [0.05, 0.1) is 10.4 Å². The lowest BCUT2D eigenvalue weighted by atomic mass is 9.96. The number of hydrogen-bond acceptors (Lipinski definition) is 3. The Morgan fingerprint density at radius 2 is 2.17 bits per heavy atom. The van der Waals surface area contributed by atoms with E-state index in [0.29, 0.717) is 23.3 Å². The monoisotopic (exact) mass is 398 g/mol. The summed E-state index contributed by atoms with van der Waals surface area (Å²) in [4.78, 5) is 26.7. The first-order valence-corrected chi connectivity index (χ1v) is 9.61. The zero-order chi connectivity index (χ0) is 17.5. The molecule has 1 aromatic heterocycles. The molecule has 2 amide bonds. The van der Waals surface area contributed by atoms with Crippen LogP contribution in [0.4, 0.5) is 0 Å². The number of aromatic amines is 1. The molecule has 7 heteroatoms. The number of nitrogens with one attached hydrogen (secondary N) is 2. The molecule has 0 aliphatic carbocycles. The Bertz CT molecular complexity index is 573. The molecule has 1 fully saturated rings. The SMILES string of the molecule is CCCCCCNC(=O)C1CCCN(C(=O)c2n[nH]c(C)c2Br)C1. The largest absolute Gasteiger partial charge is 0.356 e. The van der Waals surface area contributed by atoms with Crippen molar-refractivity contribution in [3.05, 3.63) is 15.9 Å². The number of piperidine rings is 1. The maximum absolute atomic E-state index is 12.6. The third kappa shape index (κ3) is 4.82. The molecular weight excluding hydrogens is 372 g/mol. The molecule has 134 valence electrons. The Morgan fingerprint density at radius 3 is 2.83 bits per heavy atom. The van der Waals surface area contributed by atoms with Crippen molar-refractivity contribution in [3.63, 3.8) is 0 Å². The van der Waals surface area contributed by atoms with E-state index in [0.717, 1.165) is 37.9 Å². The number of carbonyl (C=O) groups excluding carboxylic acids is 2. The number of rotatable bonds is 7. The predicted molar refractivity (Wildman–Crippen MR) is 96.8 cm³/mol. The van der Waals surface area contributed by atoms with E-state index in [9.17, 15) is 9.59 Å². The van der Waals surface area contributed by atoms with E-state index in [1.807, 2.05) is 6.92 Å². The summed E-state index contributed by atoms with van der Waals surface area (Å²) in [7, 11) is 0. The predicted octanol–water partition coefficient (Wildman–Crippen LogP) is 3.03. The fraction of sp³-hybridized carbons (Fsp3) is 0.706. The molecule has 2 N–H and O–H groups in total. The van der Waals surface area contributed by atoms with E-state index in [-0.39, 0.29) is 17.7 Å². The summed E-state index contributed by atoms with van der Waals surface area (Å²) in [5, 5.41) is 9.90. The highest BCUT2D eigenvalue weighted by molar-refractivity contribution is 9.10. The molecule has 0 aromatic carbocycles. The molecule has 1 aliphatic rings. The number of amides is 2. The second-order valence-corrected chi connectivity index (χ2v) is 7.25. The lowest BCUT2D eigenvalue weighted by molar-refractivity contribution is -0.126. The molecular formula is C17H27BrN4O2.